The molecule has 1 amide bonds. The molecule has 4 rings (SSSR count). The molecule has 0 saturated carbocycles. The second-order valence-electron chi connectivity index (χ2n) is 9.79. The number of carbonyl (C=O) groups is 1. The fourth-order valence-corrected chi connectivity index (χ4v) is 4.20. The van der Waals surface area contributed by atoms with Crippen LogP contribution in [0.5, 0.6) is 17.2 Å². The Kier molecular flexibility index (Phi) is 7.67. The van der Waals surface area contributed by atoms with E-state index in [4.69, 9.17) is 18.9 Å². The summed E-state index contributed by atoms with van der Waals surface area (Å²) in [4.78, 5) is 18.8. The first kappa shape index (κ1) is 25.4. The number of hydrogen-bond donors (Lipinski definition) is 0. The van der Waals surface area contributed by atoms with E-state index in [0.717, 1.165) is 46.9 Å². The third-order valence-corrected chi connectivity index (χ3v) is 6.06. The van der Waals surface area contributed by atoms with Gasteiger partial charge in [-0.05, 0) is 74.6 Å². The third-order valence-electron chi connectivity index (χ3n) is 6.06. The van der Waals surface area contributed by atoms with Crippen molar-refractivity contribution in [2.45, 2.75) is 45.8 Å². The lowest BCUT2D eigenvalue weighted by atomic mass is 9.96. The molecule has 0 saturated heterocycles. The normalized spacial score (nSPS) is 13.4. The summed E-state index contributed by atoms with van der Waals surface area (Å²) >= 11 is 0. The fraction of sp³-hybridized carbons (Fsp3) is 0.379. The highest BCUT2D eigenvalue weighted by Crippen LogP contribution is 2.35. The number of ether oxygens (including phenoxy) is 4. The molecule has 190 valence electrons. The van der Waals surface area contributed by atoms with Crippen molar-refractivity contribution in [3.63, 3.8) is 0 Å². The van der Waals surface area contributed by atoms with Crippen LogP contribution in [0.15, 0.2) is 54.7 Å². The van der Waals surface area contributed by atoms with Crippen LogP contribution in [0.1, 0.15) is 37.6 Å². The van der Waals surface area contributed by atoms with Crippen LogP contribution in [0.4, 0.5) is 4.79 Å². The van der Waals surface area contributed by atoms with Crippen molar-refractivity contribution in [3.05, 3.63) is 71.5 Å². The van der Waals surface area contributed by atoms with Crippen molar-refractivity contribution in [2.75, 3.05) is 27.3 Å². The van der Waals surface area contributed by atoms with E-state index >= 15 is 0 Å². The summed E-state index contributed by atoms with van der Waals surface area (Å²) in [5, 5.41) is 0. The monoisotopic (exact) mass is 490 g/mol. The molecule has 0 atom stereocenters. The molecular weight excluding hydrogens is 456 g/mol. The van der Waals surface area contributed by atoms with Crippen molar-refractivity contribution in [1.82, 2.24) is 9.88 Å². The van der Waals surface area contributed by atoms with Gasteiger partial charge in [-0.25, -0.2) is 4.79 Å². The summed E-state index contributed by atoms with van der Waals surface area (Å²) in [5.74, 6) is 2.23. The minimum atomic E-state index is -0.507. The molecule has 0 radical (unpaired) electrons. The topological polar surface area (TPSA) is 70.1 Å². The Morgan fingerprint density at radius 1 is 0.917 bits per heavy atom. The lowest BCUT2D eigenvalue weighted by Gasteiger charge is -2.26. The molecule has 2 heterocycles. The van der Waals surface area contributed by atoms with Gasteiger partial charge in [0.25, 0.3) is 0 Å². The average Bonchev–Trinajstić information content (AvgIpc) is 3.09. The molecule has 0 aliphatic carbocycles. The van der Waals surface area contributed by atoms with Crippen molar-refractivity contribution < 1.29 is 23.7 Å². The summed E-state index contributed by atoms with van der Waals surface area (Å²) < 4.78 is 22.6. The van der Waals surface area contributed by atoms with Gasteiger partial charge in [0, 0.05) is 30.9 Å². The number of benzene rings is 2. The maximum Gasteiger partial charge on any atom is 0.410 e. The molecule has 0 unspecified atom stereocenters. The van der Waals surface area contributed by atoms with Crippen molar-refractivity contribution in [1.29, 1.82) is 0 Å². The Labute approximate surface area is 213 Å². The van der Waals surface area contributed by atoms with Crippen LogP contribution in [0.3, 0.4) is 0 Å². The first-order chi connectivity index (χ1) is 17.3. The third kappa shape index (κ3) is 6.27. The Bertz CT molecular complexity index is 1220. The lowest BCUT2D eigenvalue weighted by molar-refractivity contribution is 0.0258. The van der Waals surface area contributed by atoms with Crippen LogP contribution >= 0.6 is 0 Å². The maximum absolute atomic E-state index is 12.6. The first-order valence-electron chi connectivity index (χ1n) is 12.2. The van der Waals surface area contributed by atoms with E-state index in [1.54, 1.807) is 25.3 Å². The summed E-state index contributed by atoms with van der Waals surface area (Å²) in [6, 6.07) is 15.9. The summed E-state index contributed by atoms with van der Waals surface area (Å²) in [6.45, 7) is 7.24. The highest BCUT2D eigenvalue weighted by atomic mass is 16.6. The molecular formula is C29H34N2O5. The number of rotatable bonds is 6. The van der Waals surface area contributed by atoms with Gasteiger partial charge >= 0.3 is 6.09 Å². The van der Waals surface area contributed by atoms with Gasteiger partial charge in [-0.1, -0.05) is 18.2 Å². The Morgan fingerprint density at radius 2 is 1.64 bits per heavy atom. The van der Waals surface area contributed by atoms with E-state index in [-0.39, 0.29) is 6.09 Å². The molecule has 1 aliphatic rings. The Balaban J connectivity index is 1.56. The smallest absolute Gasteiger partial charge is 0.410 e. The zero-order chi connectivity index (χ0) is 25.7. The van der Waals surface area contributed by atoms with E-state index in [1.165, 1.54) is 11.1 Å². The van der Waals surface area contributed by atoms with E-state index in [9.17, 15) is 4.79 Å². The number of fused-ring (bicyclic) bond motifs is 1. The second kappa shape index (κ2) is 10.9. The zero-order valence-corrected chi connectivity index (χ0v) is 21.7. The molecule has 0 N–H and O–H groups in total. The number of aromatic nitrogens is 1. The number of pyridine rings is 1. The largest absolute Gasteiger partial charge is 0.497 e. The molecule has 7 nitrogen and oxygen atoms in total. The lowest BCUT2D eigenvalue weighted by Crippen LogP contribution is -2.38. The summed E-state index contributed by atoms with van der Waals surface area (Å²) in [6.07, 6.45) is 3.00. The van der Waals surface area contributed by atoms with Gasteiger partial charge in [0.05, 0.1) is 19.9 Å². The molecule has 0 bridgehead atoms. The van der Waals surface area contributed by atoms with Gasteiger partial charge in [0.15, 0.2) is 0 Å². The molecule has 36 heavy (non-hydrogen) atoms. The van der Waals surface area contributed by atoms with Crippen LogP contribution in [-0.2, 0) is 24.2 Å². The predicted molar refractivity (Wildman–Crippen MR) is 139 cm³/mol. The zero-order valence-electron chi connectivity index (χ0n) is 21.7. The molecule has 0 fully saturated rings. The fourth-order valence-electron chi connectivity index (χ4n) is 4.20. The van der Waals surface area contributed by atoms with Gasteiger partial charge < -0.3 is 23.8 Å². The van der Waals surface area contributed by atoms with Gasteiger partial charge in [0.1, 0.15) is 29.5 Å². The standard InChI is InChI=1S/C29H34N2O5/c1-29(2,3)36-28(32)31-14-11-20-6-7-22(16-21(20)12-15-31)26-18-24(33-4)8-9-27(26)35-19-23-17-25(34-5)10-13-30-23/h6-10,13,16-18H,11-12,14-15,19H2,1-5H3. The minimum absolute atomic E-state index is 0.259. The average molecular weight is 491 g/mol. The Hall–Kier alpha value is -3.74. The van der Waals surface area contributed by atoms with E-state index in [2.05, 4.69) is 23.2 Å². The first-order valence-corrected chi connectivity index (χ1v) is 12.2. The van der Waals surface area contributed by atoms with E-state index in [1.807, 2.05) is 51.1 Å². The summed E-state index contributed by atoms with van der Waals surface area (Å²) in [5.41, 5.74) is 4.71. The highest BCUT2D eigenvalue weighted by Gasteiger charge is 2.24. The van der Waals surface area contributed by atoms with Crippen molar-refractivity contribution in [2.24, 2.45) is 0 Å². The van der Waals surface area contributed by atoms with Gasteiger partial charge in [0.2, 0.25) is 0 Å². The number of carbonyl (C=O) groups excluding carboxylic acids is 1. The van der Waals surface area contributed by atoms with Crippen LogP contribution in [0.2, 0.25) is 0 Å². The molecule has 3 aromatic rings. The highest BCUT2D eigenvalue weighted by molar-refractivity contribution is 5.73. The van der Waals surface area contributed by atoms with E-state index < -0.39 is 5.60 Å². The van der Waals surface area contributed by atoms with Crippen LogP contribution < -0.4 is 14.2 Å². The Morgan fingerprint density at radius 3 is 2.36 bits per heavy atom. The van der Waals surface area contributed by atoms with Crippen molar-refractivity contribution in [3.8, 4) is 28.4 Å². The molecule has 2 aromatic carbocycles. The van der Waals surface area contributed by atoms with Crippen LogP contribution in [0.25, 0.3) is 11.1 Å². The molecule has 1 aliphatic heterocycles. The predicted octanol–water partition coefficient (Wildman–Crippen LogP) is 5.68. The van der Waals surface area contributed by atoms with Crippen molar-refractivity contribution >= 4 is 6.09 Å². The molecule has 0 spiro atoms. The number of nitrogens with zero attached hydrogens (tertiary/aromatic N) is 2. The maximum atomic E-state index is 12.6. The number of hydrogen-bond acceptors (Lipinski definition) is 6. The molecule has 7 heteroatoms. The quantitative estimate of drug-likeness (QED) is 0.443. The number of methoxy groups -OCH3 is 2. The van der Waals surface area contributed by atoms with Gasteiger partial charge in [-0.2, -0.15) is 0 Å². The summed E-state index contributed by atoms with van der Waals surface area (Å²) in [7, 11) is 3.29. The second-order valence-corrected chi connectivity index (χ2v) is 9.79. The minimum Gasteiger partial charge on any atom is -0.497 e. The van der Waals surface area contributed by atoms with Gasteiger partial charge in [-0.3, -0.25) is 4.98 Å². The number of amides is 1. The van der Waals surface area contributed by atoms with Gasteiger partial charge in [-0.15, -0.1) is 0 Å². The van der Waals surface area contributed by atoms with Crippen LogP contribution in [0, 0.1) is 0 Å². The molecule has 1 aromatic heterocycles. The van der Waals surface area contributed by atoms with Crippen LogP contribution in [-0.4, -0.2) is 48.9 Å². The van der Waals surface area contributed by atoms with E-state index in [0.29, 0.717) is 19.7 Å². The SMILES string of the molecule is COc1ccnc(COc2ccc(OC)cc2-c2ccc3c(c2)CCN(C(=O)OC(C)(C)C)CC3)c1.